The van der Waals surface area contributed by atoms with E-state index < -0.39 is 54.1 Å². The number of aliphatic carboxylic acids is 1. The van der Waals surface area contributed by atoms with Crippen LogP contribution in [-0.4, -0.2) is 58.2 Å². The number of nitrogens with zero attached hydrogens (tertiary/aromatic N) is 2. The minimum absolute atomic E-state index is 0.0258. The largest absolute Gasteiger partial charge is 0.479 e. The van der Waals surface area contributed by atoms with Gasteiger partial charge < -0.3 is 24.3 Å². The molecule has 10 nitrogen and oxygen atoms in total. The molecular weight excluding hydrogens is 518 g/mol. The van der Waals surface area contributed by atoms with E-state index in [1.807, 2.05) is 0 Å². The Morgan fingerprint density at radius 2 is 1.90 bits per heavy atom. The van der Waals surface area contributed by atoms with Crippen molar-refractivity contribution in [2.24, 2.45) is 5.92 Å². The number of pyridine rings is 1. The van der Waals surface area contributed by atoms with E-state index in [0.717, 1.165) is 0 Å². The van der Waals surface area contributed by atoms with E-state index in [-0.39, 0.29) is 36.2 Å². The fourth-order valence-electron chi connectivity index (χ4n) is 4.87. The maximum absolute atomic E-state index is 15.2. The molecule has 2 aliphatic heterocycles. The van der Waals surface area contributed by atoms with Gasteiger partial charge in [0.1, 0.15) is 6.61 Å². The molecule has 0 spiro atoms. The maximum atomic E-state index is 15.2. The second-order valence-electron chi connectivity index (χ2n) is 9.64. The average molecular weight is 542 g/mol. The monoisotopic (exact) mass is 542 g/mol. The standard InChI is InChI=1S/C27H24F2N2O8/c1-14-11-31-21(18-4-2-3-5-20(18)27(14,28)29)8-15-6-7-16(9-19(15)24(31)34)30-12-17(39-26(30)37)13-38-23(33)10-22(32)25(35)36/h2-9,14,17,22,32H,10-13H2,1H3,(H,35,36)/t14?,17-,22-/m0/s1. The lowest BCUT2D eigenvalue weighted by Crippen LogP contribution is -2.30. The number of hydrogen-bond donors (Lipinski definition) is 2. The Morgan fingerprint density at radius 3 is 2.64 bits per heavy atom. The fourth-order valence-corrected chi connectivity index (χ4v) is 4.87. The number of carboxylic acid groups (broad SMARTS) is 1. The van der Waals surface area contributed by atoms with E-state index in [0.29, 0.717) is 16.8 Å². The van der Waals surface area contributed by atoms with Crippen LogP contribution in [0.3, 0.4) is 0 Å². The van der Waals surface area contributed by atoms with Crippen LogP contribution in [0.25, 0.3) is 22.0 Å². The Bertz CT molecular complexity index is 1550. The number of aliphatic hydroxyl groups is 1. The summed E-state index contributed by atoms with van der Waals surface area (Å²) in [5.41, 5.74) is 0.385. The summed E-state index contributed by atoms with van der Waals surface area (Å²) in [5, 5.41) is 18.7. The lowest BCUT2D eigenvalue weighted by molar-refractivity contribution is -0.156. The molecule has 2 aromatic carbocycles. The molecule has 0 saturated carbocycles. The number of benzene rings is 2. The zero-order valence-electron chi connectivity index (χ0n) is 20.7. The number of cyclic esters (lactones) is 1. The molecule has 2 aliphatic rings. The fraction of sp³-hybridized carbons (Fsp3) is 0.333. The molecule has 3 aromatic rings. The molecule has 1 amide bonds. The van der Waals surface area contributed by atoms with Gasteiger partial charge in [0.15, 0.2) is 12.2 Å². The van der Waals surface area contributed by atoms with Crippen LogP contribution in [0.2, 0.25) is 0 Å². The molecule has 1 unspecified atom stereocenters. The maximum Gasteiger partial charge on any atom is 0.414 e. The number of esters is 1. The van der Waals surface area contributed by atoms with Crippen LogP contribution < -0.4 is 10.5 Å². The van der Waals surface area contributed by atoms with Gasteiger partial charge in [-0.15, -0.1) is 0 Å². The number of anilines is 1. The molecule has 1 saturated heterocycles. The summed E-state index contributed by atoms with van der Waals surface area (Å²) in [6, 6.07) is 12.5. The number of carbonyl (C=O) groups excluding carboxylic acids is 2. The Hall–Kier alpha value is -4.32. The molecule has 0 bridgehead atoms. The zero-order chi connectivity index (χ0) is 28.1. The topological polar surface area (TPSA) is 135 Å². The number of ether oxygens (including phenoxy) is 2. The number of alkyl halides is 2. The van der Waals surface area contributed by atoms with Crippen molar-refractivity contribution in [1.82, 2.24) is 4.57 Å². The van der Waals surface area contributed by atoms with Crippen molar-refractivity contribution >= 4 is 34.5 Å². The van der Waals surface area contributed by atoms with Gasteiger partial charge in [-0.25, -0.2) is 18.4 Å². The smallest absolute Gasteiger partial charge is 0.414 e. The Kier molecular flexibility index (Phi) is 6.59. The van der Waals surface area contributed by atoms with Gasteiger partial charge in [-0.2, -0.15) is 0 Å². The summed E-state index contributed by atoms with van der Waals surface area (Å²) in [4.78, 5) is 49.7. The quantitative estimate of drug-likeness (QED) is 0.454. The molecule has 0 aliphatic carbocycles. The van der Waals surface area contributed by atoms with E-state index in [9.17, 15) is 24.3 Å². The first kappa shape index (κ1) is 26.3. The number of fused-ring (bicyclic) bond motifs is 4. The average Bonchev–Trinajstić information content (AvgIpc) is 3.25. The van der Waals surface area contributed by atoms with Crippen molar-refractivity contribution in [3.05, 3.63) is 64.4 Å². The number of aromatic nitrogens is 1. The van der Waals surface area contributed by atoms with Crippen LogP contribution in [0, 0.1) is 5.92 Å². The number of amides is 1. The second-order valence-corrected chi connectivity index (χ2v) is 9.64. The third-order valence-electron chi connectivity index (χ3n) is 6.99. The summed E-state index contributed by atoms with van der Waals surface area (Å²) < 4.78 is 41.9. The first-order valence-corrected chi connectivity index (χ1v) is 12.2. The summed E-state index contributed by atoms with van der Waals surface area (Å²) in [5.74, 6) is -6.83. The Morgan fingerprint density at radius 1 is 1.15 bits per heavy atom. The van der Waals surface area contributed by atoms with Crippen LogP contribution in [0.5, 0.6) is 0 Å². The van der Waals surface area contributed by atoms with Gasteiger partial charge in [-0.3, -0.25) is 14.5 Å². The molecule has 3 atom stereocenters. The molecule has 12 heteroatoms. The van der Waals surface area contributed by atoms with E-state index in [1.165, 1.54) is 28.5 Å². The number of halogens is 2. The Labute approximate surface area is 220 Å². The van der Waals surface area contributed by atoms with Crippen LogP contribution >= 0.6 is 0 Å². The normalized spacial score (nSPS) is 20.5. The summed E-state index contributed by atoms with van der Waals surface area (Å²) >= 11 is 0. The van der Waals surface area contributed by atoms with E-state index >= 15 is 8.78 Å². The van der Waals surface area contributed by atoms with Gasteiger partial charge in [0.2, 0.25) is 0 Å². The van der Waals surface area contributed by atoms with E-state index in [2.05, 4.69) is 0 Å². The molecule has 39 heavy (non-hydrogen) atoms. The summed E-state index contributed by atoms with van der Waals surface area (Å²) in [7, 11) is 0. The predicted octanol–water partition coefficient (Wildman–Crippen LogP) is 3.11. The van der Waals surface area contributed by atoms with Gasteiger partial charge in [-0.1, -0.05) is 37.3 Å². The van der Waals surface area contributed by atoms with Crippen molar-refractivity contribution in [2.45, 2.75) is 38.0 Å². The highest BCUT2D eigenvalue weighted by atomic mass is 19.3. The van der Waals surface area contributed by atoms with Gasteiger partial charge >= 0.3 is 18.0 Å². The number of carboxylic acids is 1. The molecular formula is C27H24F2N2O8. The number of aliphatic hydroxyl groups excluding tert-OH is 1. The summed E-state index contributed by atoms with van der Waals surface area (Å²) in [6.45, 7) is 0.810. The van der Waals surface area contributed by atoms with Crippen molar-refractivity contribution < 1.29 is 42.9 Å². The highest BCUT2D eigenvalue weighted by Crippen LogP contribution is 2.44. The van der Waals surface area contributed by atoms with Crippen molar-refractivity contribution in [1.29, 1.82) is 0 Å². The third-order valence-corrected chi connectivity index (χ3v) is 6.99. The molecule has 3 heterocycles. The molecule has 5 rings (SSSR count). The van der Waals surface area contributed by atoms with Crippen molar-refractivity contribution in [3.63, 3.8) is 0 Å². The van der Waals surface area contributed by atoms with Crippen LogP contribution in [0.4, 0.5) is 19.3 Å². The van der Waals surface area contributed by atoms with Crippen LogP contribution in [-0.2, 0) is 31.5 Å². The highest BCUT2D eigenvalue weighted by Gasteiger charge is 2.43. The van der Waals surface area contributed by atoms with Crippen LogP contribution in [0.1, 0.15) is 18.9 Å². The molecule has 204 valence electrons. The zero-order valence-corrected chi connectivity index (χ0v) is 20.7. The summed E-state index contributed by atoms with van der Waals surface area (Å²) in [6.07, 6.45) is -4.28. The Balaban J connectivity index is 1.42. The van der Waals surface area contributed by atoms with Gasteiger partial charge in [0, 0.05) is 34.7 Å². The minimum atomic E-state index is -3.14. The SMILES string of the molecule is CC1Cn2c(cc3ccc(N4C[C@@H](COC(=O)C[C@H](O)C(=O)O)OC4=O)cc3c2=O)-c2ccccc2C1(F)F. The molecule has 1 aromatic heterocycles. The van der Waals surface area contributed by atoms with Crippen molar-refractivity contribution in [2.75, 3.05) is 18.1 Å². The van der Waals surface area contributed by atoms with Gasteiger partial charge in [0.05, 0.1) is 18.7 Å². The lowest BCUT2D eigenvalue weighted by atomic mass is 9.93. The molecule has 2 N–H and O–H groups in total. The predicted molar refractivity (Wildman–Crippen MR) is 134 cm³/mol. The molecule has 1 fully saturated rings. The van der Waals surface area contributed by atoms with Crippen LogP contribution in [0.15, 0.2) is 53.3 Å². The first-order valence-electron chi connectivity index (χ1n) is 12.2. The van der Waals surface area contributed by atoms with E-state index in [1.54, 1.807) is 36.4 Å². The second kappa shape index (κ2) is 9.77. The van der Waals surface area contributed by atoms with Gasteiger partial charge in [0.25, 0.3) is 11.5 Å². The van der Waals surface area contributed by atoms with Crippen molar-refractivity contribution in [3.8, 4) is 11.3 Å². The first-order chi connectivity index (χ1) is 18.5. The number of carbonyl (C=O) groups is 3. The van der Waals surface area contributed by atoms with Gasteiger partial charge in [-0.05, 0) is 23.6 Å². The number of rotatable bonds is 6. The third kappa shape index (κ3) is 4.71. The minimum Gasteiger partial charge on any atom is -0.479 e. The molecule has 0 radical (unpaired) electrons. The number of hydrogen-bond acceptors (Lipinski definition) is 7. The highest BCUT2D eigenvalue weighted by molar-refractivity contribution is 5.95. The lowest BCUT2D eigenvalue weighted by Gasteiger charge is -2.22. The van der Waals surface area contributed by atoms with E-state index in [4.69, 9.17) is 14.6 Å².